The summed E-state index contributed by atoms with van der Waals surface area (Å²) in [5, 5.41) is 13.2. The van der Waals surface area contributed by atoms with Crippen molar-refractivity contribution in [1.82, 2.24) is 10.2 Å². The van der Waals surface area contributed by atoms with E-state index in [1.165, 1.54) is 12.0 Å². The van der Waals surface area contributed by atoms with Gasteiger partial charge in [-0.25, -0.2) is 4.79 Å². The van der Waals surface area contributed by atoms with Crippen molar-refractivity contribution in [2.24, 2.45) is 0 Å². The van der Waals surface area contributed by atoms with Crippen molar-refractivity contribution >= 4 is 24.3 Å². The van der Waals surface area contributed by atoms with E-state index in [-0.39, 0.29) is 43.4 Å². The number of hydrogen-bond acceptors (Lipinski definition) is 5. The van der Waals surface area contributed by atoms with Crippen LogP contribution in [0.4, 0.5) is 0 Å². The molecule has 0 aromatic heterocycles. The number of nitrogens with zero attached hydrogens (tertiary/aromatic N) is 1. The first-order chi connectivity index (χ1) is 11.1. The molecule has 0 unspecified atom stereocenters. The van der Waals surface area contributed by atoms with E-state index in [1.807, 2.05) is 30.3 Å². The molecule has 7 heteroatoms. The Kier molecular flexibility index (Phi) is 6.21. The zero-order valence-electron chi connectivity index (χ0n) is 13.6. The monoisotopic (exact) mass is 354 g/mol. The van der Waals surface area contributed by atoms with Crippen LogP contribution in [-0.2, 0) is 14.3 Å². The van der Waals surface area contributed by atoms with Gasteiger partial charge in [-0.3, -0.25) is 10.1 Å². The fraction of sp³-hybridized carbons (Fsp3) is 0.529. The molecule has 2 N–H and O–H groups in total. The Morgan fingerprint density at radius 1 is 1.25 bits per heavy atom. The number of aliphatic hydroxyl groups excluding tert-OH is 1. The molecule has 0 aliphatic carbocycles. The maximum Gasteiger partial charge on any atom is 0.328 e. The van der Waals surface area contributed by atoms with E-state index in [4.69, 9.17) is 4.74 Å². The minimum absolute atomic E-state index is 0. The van der Waals surface area contributed by atoms with Gasteiger partial charge in [0.1, 0.15) is 6.04 Å². The van der Waals surface area contributed by atoms with Crippen LogP contribution >= 0.6 is 12.4 Å². The quantitative estimate of drug-likeness (QED) is 0.793. The van der Waals surface area contributed by atoms with Crippen LogP contribution in [-0.4, -0.2) is 53.7 Å². The fourth-order valence-electron chi connectivity index (χ4n) is 3.50. The number of carbonyl (C=O) groups is 2. The summed E-state index contributed by atoms with van der Waals surface area (Å²) in [4.78, 5) is 26.0. The van der Waals surface area contributed by atoms with Crippen LogP contribution in [0.2, 0.25) is 0 Å². The average Bonchev–Trinajstić information content (AvgIpc) is 3.21. The van der Waals surface area contributed by atoms with Crippen LogP contribution in [0.5, 0.6) is 0 Å². The summed E-state index contributed by atoms with van der Waals surface area (Å²) in [6.07, 6.45) is 1.17. The number of methoxy groups -OCH3 is 1. The van der Waals surface area contributed by atoms with Crippen molar-refractivity contribution in [2.45, 2.75) is 43.5 Å². The molecule has 24 heavy (non-hydrogen) atoms. The van der Waals surface area contributed by atoms with Crippen LogP contribution in [0.15, 0.2) is 30.3 Å². The predicted molar refractivity (Wildman–Crippen MR) is 90.7 cm³/mol. The summed E-state index contributed by atoms with van der Waals surface area (Å²) in [6, 6.07) is 9.16. The minimum atomic E-state index is -0.680. The Hall–Kier alpha value is -1.63. The molecule has 2 heterocycles. The molecule has 0 saturated carbocycles. The van der Waals surface area contributed by atoms with E-state index in [2.05, 4.69) is 5.32 Å². The molecule has 2 aliphatic heterocycles. The van der Waals surface area contributed by atoms with E-state index >= 15 is 0 Å². The number of ether oxygens (including phenoxy) is 1. The number of carbonyl (C=O) groups excluding carboxylic acids is 2. The number of likely N-dealkylation sites (tertiary alicyclic amines) is 1. The van der Waals surface area contributed by atoms with Gasteiger partial charge in [0.15, 0.2) is 0 Å². The largest absolute Gasteiger partial charge is 0.467 e. The van der Waals surface area contributed by atoms with Crippen molar-refractivity contribution in [3.05, 3.63) is 35.9 Å². The third-order valence-electron chi connectivity index (χ3n) is 4.68. The highest BCUT2D eigenvalue weighted by atomic mass is 35.5. The number of esters is 1. The molecule has 2 fully saturated rings. The SMILES string of the molecule is COC(=O)[C@@H]1C[C@@H](O)CN1C(=O)[C@H]1CC[C@H](c2ccccc2)N1.Cl. The molecule has 1 aromatic carbocycles. The first-order valence-corrected chi connectivity index (χ1v) is 7.97. The number of rotatable bonds is 3. The Labute approximate surface area is 147 Å². The van der Waals surface area contributed by atoms with Gasteiger partial charge in [-0.2, -0.15) is 0 Å². The topological polar surface area (TPSA) is 78.9 Å². The number of benzene rings is 1. The molecule has 132 valence electrons. The highest BCUT2D eigenvalue weighted by Gasteiger charge is 2.43. The molecule has 1 aromatic rings. The Balaban J connectivity index is 0.00000208. The lowest BCUT2D eigenvalue weighted by atomic mass is 10.1. The summed E-state index contributed by atoms with van der Waals surface area (Å²) in [7, 11) is 1.30. The van der Waals surface area contributed by atoms with Gasteiger partial charge < -0.3 is 14.7 Å². The second-order valence-electron chi connectivity index (χ2n) is 6.18. The molecule has 1 amide bonds. The normalized spacial score (nSPS) is 29.2. The van der Waals surface area contributed by atoms with Crippen LogP contribution in [0.25, 0.3) is 0 Å². The van der Waals surface area contributed by atoms with Crippen LogP contribution in [0.1, 0.15) is 30.9 Å². The van der Waals surface area contributed by atoms with Gasteiger partial charge in [-0.05, 0) is 18.4 Å². The highest BCUT2D eigenvalue weighted by molar-refractivity contribution is 5.88. The van der Waals surface area contributed by atoms with E-state index in [0.29, 0.717) is 0 Å². The van der Waals surface area contributed by atoms with Gasteiger partial charge in [0.2, 0.25) is 5.91 Å². The molecule has 0 spiro atoms. The van der Waals surface area contributed by atoms with Crippen molar-refractivity contribution < 1.29 is 19.4 Å². The van der Waals surface area contributed by atoms with Gasteiger partial charge in [-0.1, -0.05) is 30.3 Å². The number of halogens is 1. The number of nitrogens with one attached hydrogen (secondary N) is 1. The fourth-order valence-corrected chi connectivity index (χ4v) is 3.50. The predicted octanol–water partition coefficient (Wildman–Crippen LogP) is 1.04. The lowest BCUT2D eigenvalue weighted by Gasteiger charge is -2.26. The Morgan fingerprint density at radius 2 is 1.96 bits per heavy atom. The molecule has 0 bridgehead atoms. The third kappa shape index (κ3) is 3.71. The summed E-state index contributed by atoms with van der Waals surface area (Å²) in [5.74, 6) is -0.595. The molecule has 2 saturated heterocycles. The first kappa shape index (κ1) is 18.7. The maximum atomic E-state index is 12.7. The number of amides is 1. The van der Waals surface area contributed by atoms with Gasteiger partial charge >= 0.3 is 5.97 Å². The molecule has 0 radical (unpaired) electrons. The molecule has 6 nitrogen and oxygen atoms in total. The summed E-state index contributed by atoms with van der Waals surface area (Å²) >= 11 is 0. The van der Waals surface area contributed by atoms with Crippen LogP contribution in [0, 0.1) is 0 Å². The van der Waals surface area contributed by atoms with Crippen molar-refractivity contribution in [3.8, 4) is 0 Å². The summed E-state index contributed by atoms with van der Waals surface area (Å²) in [5.41, 5.74) is 1.16. The molecule has 3 rings (SSSR count). The number of hydrogen-bond donors (Lipinski definition) is 2. The summed E-state index contributed by atoms with van der Waals surface area (Å²) < 4.78 is 4.75. The van der Waals surface area contributed by atoms with Gasteiger partial charge in [0.25, 0.3) is 0 Å². The molecule has 4 atom stereocenters. The molecular formula is C17H23ClN2O4. The van der Waals surface area contributed by atoms with Gasteiger partial charge in [-0.15, -0.1) is 12.4 Å². The van der Waals surface area contributed by atoms with Crippen molar-refractivity contribution in [3.63, 3.8) is 0 Å². The lowest BCUT2D eigenvalue weighted by Crippen LogP contribution is -2.49. The maximum absolute atomic E-state index is 12.7. The second-order valence-corrected chi connectivity index (χ2v) is 6.18. The Bertz CT molecular complexity index is 583. The molecule has 2 aliphatic rings. The lowest BCUT2D eigenvalue weighted by molar-refractivity contribution is -0.151. The highest BCUT2D eigenvalue weighted by Crippen LogP contribution is 2.29. The van der Waals surface area contributed by atoms with Gasteiger partial charge in [0.05, 0.1) is 19.3 Å². The zero-order valence-corrected chi connectivity index (χ0v) is 14.4. The zero-order chi connectivity index (χ0) is 16.4. The second kappa shape index (κ2) is 7.96. The number of β-amino-alcohol motifs (C(OH)–C–C–N with tert-alkyl or cyclic N) is 1. The summed E-state index contributed by atoms with van der Waals surface area (Å²) in [6.45, 7) is 0.187. The average molecular weight is 355 g/mol. The smallest absolute Gasteiger partial charge is 0.328 e. The third-order valence-corrected chi connectivity index (χ3v) is 4.68. The van der Waals surface area contributed by atoms with Crippen molar-refractivity contribution in [2.75, 3.05) is 13.7 Å². The van der Waals surface area contributed by atoms with E-state index in [0.717, 1.165) is 18.4 Å². The Morgan fingerprint density at radius 3 is 2.62 bits per heavy atom. The molecular weight excluding hydrogens is 332 g/mol. The van der Waals surface area contributed by atoms with E-state index in [1.54, 1.807) is 0 Å². The minimum Gasteiger partial charge on any atom is -0.467 e. The van der Waals surface area contributed by atoms with E-state index < -0.39 is 18.1 Å². The first-order valence-electron chi connectivity index (χ1n) is 7.97. The standard InChI is InChI=1S/C17H22N2O4.ClH/c1-23-17(22)15-9-12(20)10-19(15)16(21)14-8-7-13(18-14)11-5-3-2-4-6-11;/h2-6,12-15,18,20H,7-10H2,1H3;1H/t12-,13-,14-,15+;/m1./s1. The number of aliphatic hydroxyl groups is 1. The van der Waals surface area contributed by atoms with Crippen molar-refractivity contribution in [1.29, 1.82) is 0 Å². The van der Waals surface area contributed by atoms with Crippen LogP contribution < -0.4 is 5.32 Å². The van der Waals surface area contributed by atoms with Crippen LogP contribution in [0.3, 0.4) is 0 Å². The van der Waals surface area contributed by atoms with Gasteiger partial charge in [0, 0.05) is 19.0 Å². The van der Waals surface area contributed by atoms with E-state index in [9.17, 15) is 14.7 Å².